The van der Waals surface area contributed by atoms with Gasteiger partial charge in [0.05, 0.1) is 6.61 Å². The largest absolute Gasteiger partial charge is 0.383 e. The molecular weight excluding hydrogens is 355 g/mol. The highest BCUT2D eigenvalue weighted by atomic mass is 127. The predicted molar refractivity (Wildman–Crippen MR) is 91.2 cm³/mol. The molecule has 1 aliphatic heterocycles. The number of likely N-dealkylation sites (tertiary alicyclic amines) is 1. The second kappa shape index (κ2) is 11.7. The van der Waals surface area contributed by atoms with Crippen LogP contribution in [-0.4, -0.2) is 57.3 Å². The van der Waals surface area contributed by atoms with Crippen LogP contribution in [-0.2, 0) is 4.74 Å². The molecule has 0 aromatic heterocycles. The maximum Gasteiger partial charge on any atom is 0.188 e. The lowest BCUT2D eigenvalue weighted by atomic mass is 10.1. The zero-order valence-corrected chi connectivity index (χ0v) is 14.6. The predicted octanol–water partition coefficient (Wildman–Crippen LogP) is 1.28. The van der Waals surface area contributed by atoms with Crippen molar-refractivity contribution in [3.05, 3.63) is 0 Å². The number of guanidine groups is 1. The van der Waals surface area contributed by atoms with Crippen molar-refractivity contribution in [3.63, 3.8) is 0 Å². The molecule has 0 aromatic carbocycles. The van der Waals surface area contributed by atoms with E-state index in [1.807, 2.05) is 0 Å². The van der Waals surface area contributed by atoms with Crippen LogP contribution in [0.15, 0.2) is 4.99 Å². The molecule has 19 heavy (non-hydrogen) atoms. The van der Waals surface area contributed by atoms with E-state index in [1.54, 1.807) is 7.11 Å². The minimum Gasteiger partial charge on any atom is -0.383 e. The first-order valence-electron chi connectivity index (χ1n) is 6.97. The minimum absolute atomic E-state index is 0. The van der Waals surface area contributed by atoms with E-state index in [4.69, 9.17) is 10.5 Å². The van der Waals surface area contributed by atoms with Crippen LogP contribution in [0.5, 0.6) is 0 Å². The molecule has 1 unspecified atom stereocenters. The smallest absolute Gasteiger partial charge is 0.188 e. The van der Waals surface area contributed by atoms with E-state index in [2.05, 4.69) is 22.1 Å². The van der Waals surface area contributed by atoms with Crippen LogP contribution in [0.3, 0.4) is 0 Å². The number of nitrogens with two attached hydrogens (primary N) is 1. The van der Waals surface area contributed by atoms with Gasteiger partial charge >= 0.3 is 0 Å². The monoisotopic (exact) mass is 384 g/mol. The van der Waals surface area contributed by atoms with E-state index in [0.29, 0.717) is 25.0 Å². The molecule has 1 rings (SSSR count). The lowest BCUT2D eigenvalue weighted by Gasteiger charge is -2.28. The van der Waals surface area contributed by atoms with Gasteiger partial charge in [0.2, 0.25) is 0 Å². The number of nitrogens with zero attached hydrogens (tertiary/aromatic N) is 2. The molecule has 6 heteroatoms. The number of aliphatic imine (C=N–C) groups is 1. The standard InChI is InChI=1S/C13H28N4O.HI/c1-12(11-17-7-4-3-5-8-17)10-16-13(14)15-6-9-18-2;/h12H,3-11H2,1-2H3,(H3,14,15,16);1H. The summed E-state index contributed by atoms with van der Waals surface area (Å²) in [5, 5.41) is 3.03. The number of nitrogens with one attached hydrogen (secondary N) is 1. The lowest BCUT2D eigenvalue weighted by Crippen LogP contribution is -2.36. The second-order valence-corrected chi connectivity index (χ2v) is 5.11. The van der Waals surface area contributed by atoms with E-state index in [0.717, 1.165) is 13.1 Å². The molecule has 1 fully saturated rings. The Morgan fingerprint density at radius 3 is 2.68 bits per heavy atom. The molecule has 1 heterocycles. The van der Waals surface area contributed by atoms with Crippen molar-refractivity contribution in [2.24, 2.45) is 16.6 Å². The summed E-state index contributed by atoms with van der Waals surface area (Å²) in [6.45, 7) is 8.02. The van der Waals surface area contributed by atoms with Gasteiger partial charge in [-0.15, -0.1) is 24.0 Å². The molecule has 0 saturated carbocycles. The molecule has 0 aromatic rings. The number of rotatable bonds is 7. The third-order valence-corrected chi connectivity index (χ3v) is 3.20. The second-order valence-electron chi connectivity index (χ2n) is 5.11. The number of hydrogen-bond acceptors (Lipinski definition) is 3. The number of methoxy groups -OCH3 is 1. The number of ether oxygens (including phenoxy) is 1. The Bertz CT molecular complexity index is 245. The van der Waals surface area contributed by atoms with Gasteiger partial charge in [0.25, 0.3) is 0 Å². The Morgan fingerprint density at radius 1 is 1.37 bits per heavy atom. The highest BCUT2D eigenvalue weighted by Crippen LogP contribution is 2.10. The van der Waals surface area contributed by atoms with Gasteiger partial charge < -0.3 is 20.7 Å². The molecule has 3 N–H and O–H groups in total. The molecule has 0 radical (unpaired) electrons. The Morgan fingerprint density at radius 2 is 2.05 bits per heavy atom. The van der Waals surface area contributed by atoms with Crippen LogP contribution in [0.4, 0.5) is 0 Å². The zero-order chi connectivity index (χ0) is 13.2. The van der Waals surface area contributed by atoms with Crippen molar-refractivity contribution in [1.29, 1.82) is 0 Å². The topological polar surface area (TPSA) is 62.9 Å². The Labute approximate surface area is 134 Å². The average molecular weight is 384 g/mol. The van der Waals surface area contributed by atoms with Crippen molar-refractivity contribution >= 4 is 29.9 Å². The normalized spacial score (nSPS) is 18.7. The molecular formula is C13H29IN4O. The van der Waals surface area contributed by atoms with Gasteiger partial charge in [0.1, 0.15) is 0 Å². The van der Waals surface area contributed by atoms with E-state index >= 15 is 0 Å². The molecule has 1 aliphatic rings. The summed E-state index contributed by atoms with van der Waals surface area (Å²) in [6, 6.07) is 0. The SMILES string of the molecule is COCCNC(N)=NCC(C)CN1CCCCC1.I. The number of hydrogen-bond donors (Lipinski definition) is 2. The van der Waals surface area contributed by atoms with Gasteiger partial charge in [-0.05, 0) is 31.8 Å². The molecule has 0 aliphatic carbocycles. The third kappa shape index (κ3) is 9.45. The van der Waals surface area contributed by atoms with Crippen LogP contribution < -0.4 is 11.1 Å². The Hall–Kier alpha value is -0.0800. The third-order valence-electron chi connectivity index (χ3n) is 3.20. The summed E-state index contributed by atoms with van der Waals surface area (Å²) in [5.41, 5.74) is 5.77. The van der Waals surface area contributed by atoms with Crippen LogP contribution in [0.1, 0.15) is 26.2 Å². The van der Waals surface area contributed by atoms with Crippen LogP contribution in [0, 0.1) is 5.92 Å². The highest BCUT2D eigenvalue weighted by Gasteiger charge is 2.12. The first-order valence-corrected chi connectivity index (χ1v) is 6.97. The van der Waals surface area contributed by atoms with Crippen molar-refractivity contribution in [3.8, 4) is 0 Å². The maximum absolute atomic E-state index is 5.77. The molecule has 0 bridgehead atoms. The van der Waals surface area contributed by atoms with Crippen molar-refractivity contribution in [2.75, 3.05) is 46.4 Å². The fourth-order valence-corrected chi connectivity index (χ4v) is 2.23. The van der Waals surface area contributed by atoms with E-state index < -0.39 is 0 Å². The van der Waals surface area contributed by atoms with Crippen molar-refractivity contribution in [2.45, 2.75) is 26.2 Å². The van der Waals surface area contributed by atoms with Gasteiger partial charge in [-0.1, -0.05) is 13.3 Å². The van der Waals surface area contributed by atoms with Gasteiger partial charge in [-0.3, -0.25) is 4.99 Å². The van der Waals surface area contributed by atoms with Gasteiger partial charge in [-0.2, -0.15) is 0 Å². The van der Waals surface area contributed by atoms with E-state index in [9.17, 15) is 0 Å². The summed E-state index contributed by atoms with van der Waals surface area (Å²) in [5.74, 6) is 1.09. The van der Waals surface area contributed by atoms with Crippen molar-refractivity contribution in [1.82, 2.24) is 10.2 Å². The average Bonchev–Trinajstić information content (AvgIpc) is 2.38. The number of halogens is 1. The van der Waals surface area contributed by atoms with Gasteiger partial charge in [-0.25, -0.2) is 0 Å². The highest BCUT2D eigenvalue weighted by molar-refractivity contribution is 14.0. The summed E-state index contributed by atoms with van der Waals surface area (Å²) in [7, 11) is 1.68. The van der Waals surface area contributed by atoms with E-state index in [1.165, 1.54) is 32.4 Å². The molecule has 1 atom stereocenters. The Balaban J connectivity index is 0.00000324. The van der Waals surface area contributed by atoms with Gasteiger partial charge in [0, 0.05) is 26.7 Å². The summed E-state index contributed by atoms with van der Waals surface area (Å²) in [6.07, 6.45) is 4.08. The quantitative estimate of drug-likeness (QED) is 0.301. The maximum atomic E-state index is 5.77. The first kappa shape index (κ1) is 18.9. The van der Waals surface area contributed by atoms with Crippen LogP contribution >= 0.6 is 24.0 Å². The fraction of sp³-hybridized carbons (Fsp3) is 0.923. The Kier molecular flexibility index (Phi) is 11.7. The van der Waals surface area contributed by atoms with Gasteiger partial charge in [0.15, 0.2) is 5.96 Å². The van der Waals surface area contributed by atoms with E-state index in [-0.39, 0.29) is 24.0 Å². The molecule has 5 nitrogen and oxygen atoms in total. The molecule has 0 amide bonds. The molecule has 114 valence electrons. The van der Waals surface area contributed by atoms with Crippen LogP contribution in [0.25, 0.3) is 0 Å². The summed E-state index contributed by atoms with van der Waals surface area (Å²) < 4.78 is 4.94. The lowest BCUT2D eigenvalue weighted by molar-refractivity contribution is 0.202. The minimum atomic E-state index is 0. The first-order chi connectivity index (χ1) is 8.72. The summed E-state index contributed by atoms with van der Waals surface area (Å²) >= 11 is 0. The molecule has 0 spiro atoms. The fourth-order valence-electron chi connectivity index (χ4n) is 2.23. The van der Waals surface area contributed by atoms with Crippen LogP contribution in [0.2, 0.25) is 0 Å². The zero-order valence-electron chi connectivity index (χ0n) is 12.2. The number of piperidine rings is 1. The van der Waals surface area contributed by atoms with Crippen molar-refractivity contribution < 1.29 is 4.74 Å². The molecule has 1 saturated heterocycles. The summed E-state index contributed by atoms with van der Waals surface area (Å²) in [4.78, 5) is 6.90.